The molecule has 32 heavy (non-hydrogen) atoms. The van der Waals surface area contributed by atoms with Crippen LogP contribution in [0, 0.1) is 6.92 Å². The maximum atomic E-state index is 12.8. The zero-order valence-electron chi connectivity index (χ0n) is 17.9. The van der Waals surface area contributed by atoms with Crippen molar-refractivity contribution in [3.05, 3.63) is 108 Å². The number of fused-ring (bicyclic) bond motifs is 1. The Hall–Kier alpha value is -4.25. The summed E-state index contributed by atoms with van der Waals surface area (Å²) in [6.45, 7) is 1.96. The predicted octanol–water partition coefficient (Wildman–Crippen LogP) is 5.47. The van der Waals surface area contributed by atoms with E-state index in [4.69, 9.17) is 0 Å². The first-order chi connectivity index (χ1) is 15.5. The number of nitrogens with zero attached hydrogens (tertiary/aromatic N) is 2. The fourth-order valence-corrected chi connectivity index (χ4v) is 3.48. The SMILES string of the molecule is Cc1cccc(C(=O)N(C)c2cccc(/C=C/C(=O)Nc3cccc4cccnc34)c2)c1. The first-order valence-corrected chi connectivity index (χ1v) is 10.3. The van der Waals surface area contributed by atoms with Crippen LogP contribution in [-0.2, 0) is 4.79 Å². The van der Waals surface area contributed by atoms with Crippen molar-refractivity contribution in [3.8, 4) is 0 Å². The van der Waals surface area contributed by atoms with E-state index in [0.717, 1.165) is 27.7 Å². The predicted molar refractivity (Wildman–Crippen MR) is 130 cm³/mol. The Labute approximate surface area is 187 Å². The molecule has 0 aliphatic heterocycles. The van der Waals surface area contributed by atoms with Gasteiger partial charge in [0.25, 0.3) is 5.91 Å². The van der Waals surface area contributed by atoms with E-state index in [1.54, 1.807) is 24.2 Å². The highest BCUT2D eigenvalue weighted by Crippen LogP contribution is 2.21. The first-order valence-electron chi connectivity index (χ1n) is 10.3. The zero-order valence-corrected chi connectivity index (χ0v) is 17.9. The molecule has 0 bridgehead atoms. The number of hydrogen-bond donors (Lipinski definition) is 1. The highest BCUT2D eigenvalue weighted by atomic mass is 16.2. The minimum Gasteiger partial charge on any atom is -0.321 e. The van der Waals surface area contributed by atoms with E-state index in [1.165, 1.54) is 6.08 Å². The molecule has 0 fully saturated rings. The van der Waals surface area contributed by atoms with Crippen LogP contribution in [0.15, 0.2) is 91.1 Å². The second kappa shape index (κ2) is 9.27. The summed E-state index contributed by atoms with van der Waals surface area (Å²) in [6.07, 6.45) is 4.90. The van der Waals surface area contributed by atoms with Crippen molar-refractivity contribution in [1.29, 1.82) is 0 Å². The number of para-hydroxylation sites is 1. The van der Waals surface area contributed by atoms with Gasteiger partial charge >= 0.3 is 0 Å². The molecule has 1 aromatic heterocycles. The molecule has 0 aliphatic carbocycles. The molecule has 4 aromatic rings. The first kappa shape index (κ1) is 21.0. The average molecular weight is 422 g/mol. The Morgan fingerprint density at radius 2 is 1.72 bits per heavy atom. The van der Waals surface area contributed by atoms with Gasteiger partial charge in [0.05, 0.1) is 11.2 Å². The summed E-state index contributed by atoms with van der Waals surface area (Å²) in [4.78, 5) is 31.3. The third kappa shape index (κ3) is 4.73. The third-order valence-corrected chi connectivity index (χ3v) is 5.14. The van der Waals surface area contributed by atoms with Crippen molar-refractivity contribution in [3.63, 3.8) is 0 Å². The van der Waals surface area contributed by atoms with Crippen molar-refractivity contribution in [1.82, 2.24) is 4.98 Å². The van der Waals surface area contributed by atoms with Gasteiger partial charge in [-0.25, -0.2) is 0 Å². The molecule has 4 rings (SSSR count). The highest BCUT2D eigenvalue weighted by Gasteiger charge is 2.13. The maximum Gasteiger partial charge on any atom is 0.258 e. The van der Waals surface area contributed by atoms with E-state index in [1.807, 2.05) is 85.8 Å². The smallest absolute Gasteiger partial charge is 0.258 e. The molecule has 0 saturated carbocycles. The minimum atomic E-state index is -0.252. The van der Waals surface area contributed by atoms with Gasteiger partial charge in [0.1, 0.15) is 0 Å². The largest absolute Gasteiger partial charge is 0.321 e. The van der Waals surface area contributed by atoms with Gasteiger partial charge in [0, 0.05) is 36.0 Å². The van der Waals surface area contributed by atoms with E-state index in [2.05, 4.69) is 10.3 Å². The summed E-state index contributed by atoms with van der Waals surface area (Å²) in [6, 6.07) is 24.5. The number of amides is 2. The van der Waals surface area contributed by atoms with Gasteiger partial charge in [0.15, 0.2) is 0 Å². The number of aromatic nitrogens is 1. The molecule has 5 nitrogen and oxygen atoms in total. The van der Waals surface area contributed by atoms with Crippen LogP contribution in [0.2, 0.25) is 0 Å². The van der Waals surface area contributed by atoms with Gasteiger partial charge in [-0.2, -0.15) is 0 Å². The number of aryl methyl sites for hydroxylation is 1. The fourth-order valence-electron chi connectivity index (χ4n) is 3.48. The van der Waals surface area contributed by atoms with Crippen molar-refractivity contribution >= 4 is 40.2 Å². The van der Waals surface area contributed by atoms with Gasteiger partial charge in [-0.3, -0.25) is 14.6 Å². The molecule has 0 spiro atoms. The highest BCUT2D eigenvalue weighted by molar-refractivity contribution is 6.07. The van der Waals surface area contributed by atoms with Crippen LogP contribution in [0.4, 0.5) is 11.4 Å². The molecular formula is C27H23N3O2. The quantitative estimate of drug-likeness (QED) is 0.435. The second-order valence-electron chi connectivity index (χ2n) is 7.53. The summed E-state index contributed by atoms with van der Waals surface area (Å²) in [7, 11) is 1.74. The Kier molecular flexibility index (Phi) is 6.08. The van der Waals surface area contributed by atoms with Crippen molar-refractivity contribution in [2.45, 2.75) is 6.92 Å². The molecule has 0 atom stereocenters. The normalized spacial score (nSPS) is 10.9. The Bertz CT molecular complexity index is 1320. The van der Waals surface area contributed by atoms with Crippen molar-refractivity contribution < 1.29 is 9.59 Å². The number of carbonyl (C=O) groups is 2. The van der Waals surface area contributed by atoms with E-state index in [0.29, 0.717) is 11.3 Å². The van der Waals surface area contributed by atoms with Crippen LogP contribution >= 0.6 is 0 Å². The number of nitrogens with one attached hydrogen (secondary N) is 1. The molecule has 0 saturated heterocycles. The lowest BCUT2D eigenvalue weighted by Crippen LogP contribution is -2.26. The van der Waals surface area contributed by atoms with Crippen molar-refractivity contribution in [2.75, 3.05) is 17.3 Å². The molecular weight excluding hydrogens is 398 g/mol. The molecule has 1 heterocycles. The molecule has 1 N–H and O–H groups in total. The standard InChI is InChI=1S/C27H23N3O2/c1-19-7-3-10-22(17-19)27(32)30(2)23-12-4-8-20(18-23)14-15-25(31)29-24-13-5-9-21-11-6-16-28-26(21)24/h3-18H,1-2H3,(H,29,31)/b15-14+. The van der Waals surface area contributed by atoms with Crippen LogP contribution in [-0.4, -0.2) is 23.8 Å². The van der Waals surface area contributed by atoms with Gasteiger partial charge < -0.3 is 10.2 Å². The van der Waals surface area contributed by atoms with E-state index < -0.39 is 0 Å². The molecule has 5 heteroatoms. The lowest BCUT2D eigenvalue weighted by atomic mass is 10.1. The zero-order chi connectivity index (χ0) is 22.5. The molecule has 0 unspecified atom stereocenters. The number of hydrogen-bond acceptors (Lipinski definition) is 3. The summed E-state index contributed by atoms with van der Waals surface area (Å²) < 4.78 is 0. The average Bonchev–Trinajstić information content (AvgIpc) is 2.82. The van der Waals surface area contributed by atoms with Gasteiger partial charge in [0.2, 0.25) is 5.91 Å². The number of anilines is 2. The lowest BCUT2D eigenvalue weighted by Gasteiger charge is -2.18. The number of carbonyl (C=O) groups excluding carboxylic acids is 2. The summed E-state index contributed by atoms with van der Waals surface area (Å²) in [5.41, 5.74) is 4.64. The number of rotatable bonds is 5. The third-order valence-electron chi connectivity index (χ3n) is 5.14. The van der Waals surface area contributed by atoms with Crippen LogP contribution in [0.25, 0.3) is 17.0 Å². The Balaban J connectivity index is 1.48. The van der Waals surface area contributed by atoms with E-state index in [-0.39, 0.29) is 11.8 Å². The van der Waals surface area contributed by atoms with E-state index in [9.17, 15) is 9.59 Å². The van der Waals surface area contributed by atoms with Crippen LogP contribution in [0.5, 0.6) is 0 Å². The molecule has 158 valence electrons. The molecule has 3 aromatic carbocycles. The summed E-state index contributed by atoms with van der Waals surface area (Å²) >= 11 is 0. The Morgan fingerprint density at radius 3 is 2.56 bits per heavy atom. The lowest BCUT2D eigenvalue weighted by molar-refractivity contribution is -0.111. The van der Waals surface area contributed by atoms with E-state index >= 15 is 0 Å². The van der Waals surface area contributed by atoms with Crippen LogP contribution < -0.4 is 10.2 Å². The fraction of sp³-hybridized carbons (Fsp3) is 0.0741. The molecule has 0 aliphatic rings. The number of benzene rings is 3. The molecule has 2 amide bonds. The van der Waals surface area contributed by atoms with Gasteiger partial charge in [-0.05, 0) is 55.0 Å². The summed E-state index contributed by atoms with van der Waals surface area (Å²) in [5.74, 6) is -0.339. The topological polar surface area (TPSA) is 62.3 Å². The van der Waals surface area contributed by atoms with Gasteiger partial charge in [-0.1, -0.05) is 48.0 Å². The monoisotopic (exact) mass is 421 g/mol. The Morgan fingerprint density at radius 1 is 0.938 bits per heavy atom. The van der Waals surface area contributed by atoms with Gasteiger partial charge in [-0.15, -0.1) is 0 Å². The molecule has 0 radical (unpaired) electrons. The minimum absolute atomic E-state index is 0.0870. The maximum absolute atomic E-state index is 12.8. The van der Waals surface area contributed by atoms with Crippen LogP contribution in [0.1, 0.15) is 21.5 Å². The second-order valence-corrected chi connectivity index (χ2v) is 7.53. The number of pyridine rings is 1. The van der Waals surface area contributed by atoms with Crippen molar-refractivity contribution in [2.24, 2.45) is 0 Å². The summed E-state index contributed by atoms with van der Waals surface area (Å²) in [5, 5.41) is 3.85. The van der Waals surface area contributed by atoms with Crippen LogP contribution in [0.3, 0.4) is 0 Å².